The highest BCUT2D eigenvalue weighted by molar-refractivity contribution is 9.09. The first kappa shape index (κ1) is 27.7. The number of hydrogen-bond acceptors (Lipinski definition) is 5. The van der Waals surface area contributed by atoms with Gasteiger partial charge >= 0.3 is 0 Å². The molecule has 0 saturated heterocycles. The van der Waals surface area contributed by atoms with Crippen LogP contribution in [-0.2, 0) is 16.1 Å². The predicted molar refractivity (Wildman–Crippen MR) is 125 cm³/mol. The molecule has 0 saturated carbocycles. The number of aromatic nitrogens is 2. The highest BCUT2D eigenvalue weighted by atomic mass is 79.9. The number of carbonyl (C=O) groups excluding carboxylic acids is 1. The summed E-state index contributed by atoms with van der Waals surface area (Å²) in [6.07, 6.45) is 5.23. The minimum atomic E-state index is -0.247. The topological polar surface area (TPSA) is 87.2 Å². The van der Waals surface area contributed by atoms with Crippen molar-refractivity contribution in [1.29, 1.82) is 0 Å². The van der Waals surface area contributed by atoms with Crippen molar-refractivity contribution in [3.63, 3.8) is 0 Å². The third kappa shape index (κ3) is 11.5. The Morgan fingerprint density at radius 1 is 1.34 bits per heavy atom. The minimum Gasteiger partial charge on any atom is -0.377 e. The van der Waals surface area contributed by atoms with E-state index in [2.05, 4.69) is 27.8 Å². The van der Waals surface area contributed by atoms with Gasteiger partial charge in [0.2, 0.25) is 0 Å². The van der Waals surface area contributed by atoms with Gasteiger partial charge in [0, 0.05) is 23.5 Å². The maximum Gasteiger partial charge on any atom is 0.261 e. The molecule has 0 spiro atoms. The number of carbonyl (C=O) groups is 1. The number of hydrogen-bond donors (Lipinski definition) is 1. The second-order valence-electron chi connectivity index (χ2n) is 6.26. The zero-order valence-corrected chi connectivity index (χ0v) is 20.1. The molecular formula is C21H33BrClN3O3. The van der Waals surface area contributed by atoms with E-state index in [1.165, 1.54) is 30.7 Å². The summed E-state index contributed by atoms with van der Waals surface area (Å²) in [6.45, 7) is 9.14. The molecule has 164 valence electrons. The number of halogens is 2. The van der Waals surface area contributed by atoms with Crippen molar-refractivity contribution < 1.29 is 9.53 Å². The summed E-state index contributed by atoms with van der Waals surface area (Å²) < 4.78 is 6.65. The van der Waals surface area contributed by atoms with Crippen LogP contribution in [0.4, 0.5) is 0 Å². The number of fused-ring (bicyclic) bond motifs is 1. The lowest BCUT2D eigenvalue weighted by Crippen LogP contribution is -2.23. The summed E-state index contributed by atoms with van der Waals surface area (Å²) in [4.78, 5) is 27.0. The number of rotatable bonds is 8. The highest BCUT2D eigenvalue weighted by Gasteiger charge is 2.06. The molecule has 1 unspecified atom stereocenters. The Bertz CT molecular complexity index is 783. The summed E-state index contributed by atoms with van der Waals surface area (Å²) in [5.41, 5.74) is 5.81. The summed E-state index contributed by atoms with van der Waals surface area (Å²) in [5, 5.41) is 1.97. The van der Waals surface area contributed by atoms with E-state index in [4.69, 9.17) is 22.1 Å². The van der Waals surface area contributed by atoms with Crippen LogP contribution >= 0.6 is 27.5 Å². The summed E-state index contributed by atoms with van der Waals surface area (Å²) in [7, 11) is 0. The van der Waals surface area contributed by atoms with Gasteiger partial charge in [-0.05, 0) is 38.5 Å². The van der Waals surface area contributed by atoms with Gasteiger partial charge in [-0.1, -0.05) is 54.2 Å². The Hall–Kier alpha value is -1.28. The summed E-state index contributed by atoms with van der Waals surface area (Å²) in [6, 6.07) is 4.91. The molecule has 1 aromatic carbocycles. The molecule has 0 aliphatic carbocycles. The van der Waals surface area contributed by atoms with Gasteiger partial charge in [-0.2, -0.15) is 0 Å². The van der Waals surface area contributed by atoms with Gasteiger partial charge < -0.3 is 10.5 Å². The van der Waals surface area contributed by atoms with Crippen molar-refractivity contribution in [1.82, 2.24) is 9.55 Å². The molecule has 0 amide bonds. The molecule has 1 aromatic heterocycles. The van der Waals surface area contributed by atoms with Crippen LogP contribution in [0.1, 0.15) is 47.0 Å². The van der Waals surface area contributed by atoms with Crippen molar-refractivity contribution in [2.45, 2.75) is 59.6 Å². The number of nitrogens with two attached hydrogens (primary N) is 1. The van der Waals surface area contributed by atoms with Crippen molar-refractivity contribution in [3.05, 3.63) is 39.9 Å². The molecule has 0 fully saturated rings. The van der Waals surface area contributed by atoms with Crippen LogP contribution in [0.15, 0.2) is 29.3 Å². The van der Waals surface area contributed by atoms with Gasteiger partial charge in [-0.25, -0.2) is 4.98 Å². The zero-order chi connectivity index (χ0) is 22.2. The van der Waals surface area contributed by atoms with E-state index in [9.17, 15) is 9.59 Å². The maximum atomic E-state index is 11.9. The van der Waals surface area contributed by atoms with Crippen LogP contribution in [0.3, 0.4) is 0 Å². The quantitative estimate of drug-likeness (QED) is 0.547. The molecule has 0 radical (unpaired) electrons. The van der Waals surface area contributed by atoms with Crippen molar-refractivity contribution >= 4 is 44.2 Å². The van der Waals surface area contributed by atoms with Gasteiger partial charge in [0.25, 0.3) is 5.56 Å². The van der Waals surface area contributed by atoms with E-state index in [1.807, 2.05) is 13.8 Å². The number of ether oxygens (including phenoxy) is 1. The van der Waals surface area contributed by atoms with Gasteiger partial charge in [-0.15, -0.1) is 0 Å². The van der Waals surface area contributed by atoms with Crippen LogP contribution in [0.2, 0.25) is 5.02 Å². The number of alkyl halides is 1. The molecule has 1 atom stereocenters. The summed E-state index contributed by atoms with van der Waals surface area (Å²) in [5.74, 6) is -0.0923. The highest BCUT2D eigenvalue weighted by Crippen LogP contribution is 2.13. The fourth-order valence-electron chi connectivity index (χ4n) is 2.42. The number of ketones is 1. The second-order valence-corrected chi connectivity index (χ2v) is 7.82. The first-order chi connectivity index (χ1) is 13.8. The fraction of sp³-hybridized carbons (Fsp3) is 0.571. The number of benzene rings is 1. The average Bonchev–Trinajstić information content (AvgIpc) is 2.68. The maximum absolute atomic E-state index is 11.9. The number of unbranched alkanes of at least 4 members (excludes halogenated alkanes) is 1. The largest absolute Gasteiger partial charge is 0.377 e. The average molecular weight is 491 g/mol. The van der Waals surface area contributed by atoms with Crippen molar-refractivity contribution in [2.24, 2.45) is 5.73 Å². The Labute approximate surface area is 186 Å². The number of Topliss-reactive ketones (excluding diaryl/α,β-unsaturated/α-hetero) is 1. The minimum absolute atomic E-state index is 0.0360. The smallest absolute Gasteiger partial charge is 0.261 e. The molecule has 6 nitrogen and oxygen atoms in total. The van der Waals surface area contributed by atoms with E-state index in [-0.39, 0.29) is 17.9 Å². The SMILES string of the molecule is CC(=O)Cn1cnc2ccc(Cl)cc2c1=O.CCBr.CCCCC(CN)OCC. The Morgan fingerprint density at radius 2 is 2.00 bits per heavy atom. The molecule has 29 heavy (non-hydrogen) atoms. The Morgan fingerprint density at radius 3 is 2.52 bits per heavy atom. The van der Waals surface area contributed by atoms with Gasteiger partial charge in [0.1, 0.15) is 5.78 Å². The van der Waals surface area contributed by atoms with E-state index < -0.39 is 0 Å². The Balaban J connectivity index is 0.000000520. The van der Waals surface area contributed by atoms with Gasteiger partial charge in [-0.3, -0.25) is 14.2 Å². The molecule has 2 N–H and O–H groups in total. The van der Waals surface area contributed by atoms with Gasteiger partial charge in [0.15, 0.2) is 0 Å². The monoisotopic (exact) mass is 489 g/mol. The van der Waals surface area contributed by atoms with Crippen LogP contribution < -0.4 is 11.3 Å². The third-order valence-corrected chi connectivity index (χ3v) is 3.96. The molecule has 1 heterocycles. The Kier molecular flexibility index (Phi) is 15.8. The normalized spacial score (nSPS) is 11.1. The molecule has 0 aliphatic rings. The van der Waals surface area contributed by atoms with Crippen molar-refractivity contribution in [3.8, 4) is 0 Å². The lowest BCUT2D eigenvalue weighted by molar-refractivity contribution is -0.117. The molecule has 8 heteroatoms. The van der Waals surface area contributed by atoms with Crippen LogP contribution in [-0.4, -0.2) is 39.9 Å². The molecular weight excluding hydrogens is 458 g/mol. The summed E-state index contributed by atoms with van der Waals surface area (Å²) >= 11 is 8.95. The standard InChI is InChI=1S/C11H9ClN2O2.C8H19NO.C2H5Br/c1-7(15)5-14-6-13-10-3-2-8(12)4-9(10)11(14)16;1-3-5-6-8(7-9)10-4-2;1-2-3/h2-4,6H,5H2,1H3;8H,3-7,9H2,1-2H3;2H2,1H3. The molecule has 2 aromatic rings. The lowest BCUT2D eigenvalue weighted by Gasteiger charge is -2.13. The van der Waals surface area contributed by atoms with E-state index in [1.54, 1.807) is 18.2 Å². The third-order valence-electron chi connectivity index (χ3n) is 3.72. The fourth-order valence-corrected chi connectivity index (χ4v) is 2.59. The molecule has 0 bridgehead atoms. The number of nitrogens with zero attached hydrogens (tertiary/aromatic N) is 2. The van der Waals surface area contributed by atoms with E-state index in [0.717, 1.165) is 18.4 Å². The second kappa shape index (κ2) is 16.5. The zero-order valence-electron chi connectivity index (χ0n) is 17.8. The predicted octanol–water partition coefficient (Wildman–Crippen LogP) is 4.58. The van der Waals surface area contributed by atoms with Gasteiger partial charge in [0.05, 0.1) is 29.9 Å². The molecule has 0 aliphatic heterocycles. The van der Waals surface area contributed by atoms with Crippen LogP contribution in [0, 0.1) is 0 Å². The van der Waals surface area contributed by atoms with Crippen LogP contribution in [0.5, 0.6) is 0 Å². The van der Waals surface area contributed by atoms with Crippen molar-refractivity contribution in [2.75, 3.05) is 18.5 Å². The first-order valence-electron chi connectivity index (χ1n) is 9.86. The van der Waals surface area contributed by atoms with E-state index >= 15 is 0 Å². The van der Waals surface area contributed by atoms with E-state index in [0.29, 0.717) is 28.6 Å². The van der Waals surface area contributed by atoms with Crippen LogP contribution in [0.25, 0.3) is 10.9 Å². The first-order valence-corrected chi connectivity index (χ1v) is 11.4. The lowest BCUT2D eigenvalue weighted by atomic mass is 10.1. The molecule has 2 rings (SSSR count).